The van der Waals surface area contributed by atoms with Gasteiger partial charge in [-0.15, -0.1) is 0 Å². The van der Waals surface area contributed by atoms with Gasteiger partial charge in [0, 0.05) is 6.20 Å². The number of aryl methyl sites for hydroxylation is 2. The van der Waals surface area contributed by atoms with Gasteiger partial charge >= 0.3 is 11.9 Å². The van der Waals surface area contributed by atoms with Gasteiger partial charge in [-0.25, -0.2) is 14.8 Å². The van der Waals surface area contributed by atoms with Crippen LogP contribution in [0.3, 0.4) is 0 Å². The number of nitrogens with zero attached hydrogens (tertiary/aromatic N) is 4. The number of aromatic nitrogens is 3. The first-order valence-corrected chi connectivity index (χ1v) is 14.8. The van der Waals surface area contributed by atoms with E-state index in [0.717, 1.165) is 16.9 Å². The van der Waals surface area contributed by atoms with Crippen molar-refractivity contribution >= 4 is 45.5 Å². The minimum Gasteiger partial charge on any atom is -0.505 e. The van der Waals surface area contributed by atoms with Gasteiger partial charge in [-0.3, -0.25) is 18.9 Å². The number of aliphatic hydroxyl groups is 1. The predicted molar refractivity (Wildman–Crippen MR) is 165 cm³/mol. The van der Waals surface area contributed by atoms with E-state index in [9.17, 15) is 19.5 Å². The molecule has 2 aromatic carbocycles. The number of pyridine rings is 1. The minimum absolute atomic E-state index is 0.127. The van der Waals surface area contributed by atoms with E-state index in [-0.39, 0.29) is 27.9 Å². The molecule has 5 aromatic rings. The van der Waals surface area contributed by atoms with Crippen LogP contribution in [-0.2, 0) is 20.9 Å². The smallest absolute Gasteiger partial charge is 0.350 e. The molecule has 0 spiro atoms. The third-order valence-electron chi connectivity index (χ3n) is 7.25. The van der Waals surface area contributed by atoms with Crippen molar-refractivity contribution in [2.75, 3.05) is 11.5 Å². The highest BCUT2D eigenvalue weighted by Gasteiger charge is 2.49. The molecule has 0 bridgehead atoms. The normalized spacial score (nSPS) is 16.1. The summed E-state index contributed by atoms with van der Waals surface area (Å²) in [4.78, 5) is 50.6. The van der Waals surface area contributed by atoms with E-state index in [0.29, 0.717) is 40.6 Å². The molecule has 6 rings (SSSR count). The van der Waals surface area contributed by atoms with E-state index in [1.54, 1.807) is 67.8 Å². The highest BCUT2D eigenvalue weighted by molar-refractivity contribution is 7.17. The maximum absolute atomic E-state index is 13.8. The van der Waals surface area contributed by atoms with Crippen molar-refractivity contribution in [1.29, 1.82) is 0 Å². The summed E-state index contributed by atoms with van der Waals surface area (Å²) in [6, 6.07) is 21.0. The Morgan fingerprint density at radius 1 is 0.977 bits per heavy atom. The lowest BCUT2D eigenvalue weighted by atomic mass is 9.96. The van der Waals surface area contributed by atoms with Crippen LogP contribution in [0.25, 0.3) is 11.4 Å². The summed E-state index contributed by atoms with van der Waals surface area (Å²) in [6.45, 7) is 5.53. The van der Waals surface area contributed by atoms with Gasteiger partial charge in [-0.1, -0.05) is 59.9 Å². The summed E-state index contributed by atoms with van der Waals surface area (Å²) in [5.74, 6) is -2.21. The lowest BCUT2D eigenvalue weighted by Crippen LogP contribution is -2.29. The number of carbonyl (C=O) groups excluding carboxylic acids is 3. The number of imidazole rings is 1. The Labute approximate surface area is 256 Å². The van der Waals surface area contributed by atoms with Gasteiger partial charge in [0.15, 0.2) is 10.9 Å². The molecule has 1 atom stereocenters. The number of rotatable bonds is 8. The topological polar surface area (TPSA) is 123 Å². The van der Waals surface area contributed by atoms with Gasteiger partial charge in [-0.05, 0) is 56.2 Å². The largest absolute Gasteiger partial charge is 0.505 e. The molecule has 1 saturated heterocycles. The summed E-state index contributed by atoms with van der Waals surface area (Å²) in [7, 11) is 0. The number of thiazole rings is 1. The number of ether oxygens (including phenoxy) is 2. The van der Waals surface area contributed by atoms with E-state index >= 15 is 0 Å². The Morgan fingerprint density at radius 3 is 2.52 bits per heavy atom. The maximum Gasteiger partial charge on any atom is 0.350 e. The molecule has 1 aliphatic rings. The summed E-state index contributed by atoms with van der Waals surface area (Å²) in [6.07, 6.45) is 1.73. The molecule has 222 valence electrons. The summed E-state index contributed by atoms with van der Waals surface area (Å²) in [5, 5.41) is 11.9. The highest BCUT2D eigenvalue weighted by atomic mass is 32.1. The van der Waals surface area contributed by atoms with Crippen molar-refractivity contribution in [1.82, 2.24) is 14.4 Å². The molecular formula is C33H28N4O6S. The Morgan fingerprint density at radius 2 is 1.75 bits per heavy atom. The standard InChI is InChI=1S/C33H28N4O6S/c1-4-42-32(41)30-20(3)35-33(44-30)37-27(22-13-10-14-23(17-22)43-18-21-11-6-5-7-12-21)25(29(39)31(37)40)28(38)26-19(2)34-24-15-8-9-16-36(24)26/h5-17,27,38H,4,18H2,1-3H3/b28-25+. The first kappa shape index (κ1) is 28.8. The van der Waals surface area contributed by atoms with Crippen molar-refractivity contribution in [2.45, 2.75) is 33.4 Å². The van der Waals surface area contributed by atoms with Crippen LogP contribution in [0.2, 0.25) is 0 Å². The number of benzene rings is 2. The van der Waals surface area contributed by atoms with Crippen LogP contribution in [0.4, 0.5) is 5.13 Å². The van der Waals surface area contributed by atoms with Crippen LogP contribution in [0.5, 0.6) is 5.75 Å². The van der Waals surface area contributed by atoms with Crippen molar-refractivity contribution in [3.8, 4) is 5.75 Å². The number of ketones is 1. The van der Waals surface area contributed by atoms with E-state index < -0.39 is 23.7 Å². The van der Waals surface area contributed by atoms with Crippen molar-refractivity contribution in [3.05, 3.63) is 118 Å². The average molecular weight is 609 g/mol. The number of Topliss-reactive ketones (excluding diaryl/α,β-unsaturated/α-hetero) is 1. The van der Waals surface area contributed by atoms with Gasteiger partial charge < -0.3 is 14.6 Å². The first-order chi connectivity index (χ1) is 21.3. The number of fused-ring (bicyclic) bond motifs is 1. The fraction of sp³-hybridized carbons (Fsp3) is 0.182. The second-order valence-electron chi connectivity index (χ2n) is 10.1. The Bertz CT molecular complexity index is 1940. The number of hydrogen-bond donors (Lipinski definition) is 1. The van der Waals surface area contributed by atoms with Gasteiger partial charge in [0.05, 0.1) is 29.6 Å². The number of amides is 1. The van der Waals surface area contributed by atoms with Crippen LogP contribution in [0.1, 0.15) is 50.8 Å². The first-order valence-electron chi connectivity index (χ1n) is 13.9. The molecule has 1 fully saturated rings. The van der Waals surface area contributed by atoms with Crippen molar-refractivity contribution in [3.63, 3.8) is 0 Å². The molecule has 1 aliphatic heterocycles. The average Bonchev–Trinajstić information content (AvgIpc) is 3.66. The molecule has 11 heteroatoms. The Hall–Kier alpha value is -5.29. The zero-order valence-electron chi connectivity index (χ0n) is 24.2. The molecule has 1 amide bonds. The van der Waals surface area contributed by atoms with Crippen LogP contribution in [-0.4, -0.2) is 43.7 Å². The molecule has 0 radical (unpaired) electrons. The quantitative estimate of drug-likeness (QED) is 0.102. The van der Waals surface area contributed by atoms with E-state index in [1.165, 1.54) is 4.90 Å². The molecule has 0 aliphatic carbocycles. The highest BCUT2D eigenvalue weighted by Crippen LogP contribution is 2.45. The molecule has 1 N–H and O–H groups in total. The van der Waals surface area contributed by atoms with Gasteiger partial charge in [-0.2, -0.15) is 0 Å². The Balaban J connectivity index is 1.50. The number of esters is 1. The van der Waals surface area contributed by atoms with Gasteiger partial charge in [0.25, 0.3) is 5.78 Å². The minimum atomic E-state index is -1.08. The number of aliphatic hydroxyl groups excluding tert-OH is 1. The zero-order valence-corrected chi connectivity index (χ0v) is 25.0. The fourth-order valence-corrected chi connectivity index (χ4v) is 6.25. The summed E-state index contributed by atoms with van der Waals surface area (Å²) in [5.41, 5.74) is 3.06. The second kappa shape index (κ2) is 11.8. The predicted octanol–water partition coefficient (Wildman–Crippen LogP) is 5.79. The van der Waals surface area contributed by atoms with Gasteiger partial charge in [0.1, 0.15) is 28.6 Å². The molecule has 44 heavy (non-hydrogen) atoms. The monoisotopic (exact) mass is 608 g/mol. The lowest BCUT2D eigenvalue weighted by Gasteiger charge is -2.23. The third kappa shape index (κ3) is 5.11. The van der Waals surface area contributed by atoms with Gasteiger partial charge in [0.2, 0.25) is 0 Å². The lowest BCUT2D eigenvalue weighted by molar-refractivity contribution is -0.132. The third-order valence-corrected chi connectivity index (χ3v) is 8.38. The maximum atomic E-state index is 13.8. The molecule has 0 saturated carbocycles. The van der Waals surface area contributed by atoms with Crippen LogP contribution in [0.15, 0.2) is 84.6 Å². The molecule has 4 heterocycles. The van der Waals surface area contributed by atoms with E-state index in [4.69, 9.17) is 9.47 Å². The summed E-state index contributed by atoms with van der Waals surface area (Å²) >= 11 is 0.952. The van der Waals surface area contributed by atoms with Crippen LogP contribution >= 0.6 is 11.3 Å². The zero-order chi connectivity index (χ0) is 31.0. The van der Waals surface area contributed by atoms with Crippen LogP contribution in [0, 0.1) is 13.8 Å². The molecule has 10 nitrogen and oxygen atoms in total. The molecular weight excluding hydrogens is 580 g/mol. The van der Waals surface area contributed by atoms with Crippen LogP contribution < -0.4 is 9.64 Å². The number of anilines is 1. The fourth-order valence-electron chi connectivity index (χ4n) is 5.26. The summed E-state index contributed by atoms with van der Waals surface area (Å²) < 4.78 is 12.9. The molecule has 3 aromatic heterocycles. The van der Waals surface area contributed by atoms with Crippen molar-refractivity contribution in [2.24, 2.45) is 0 Å². The van der Waals surface area contributed by atoms with E-state index in [1.807, 2.05) is 36.4 Å². The second-order valence-corrected chi connectivity index (χ2v) is 11.1. The SMILES string of the molecule is CCOC(=O)c1sc(N2C(=O)C(=O)/C(=C(/O)c3c(C)nc4ccccn34)C2c2cccc(OCc3ccccc3)c2)nc1C. The number of hydrogen-bond acceptors (Lipinski definition) is 9. The van der Waals surface area contributed by atoms with E-state index in [2.05, 4.69) is 9.97 Å². The van der Waals surface area contributed by atoms with Crippen molar-refractivity contribution < 1.29 is 29.0 Å². The molecule has 1 unspecified atom stereocenters. The Kier molecular flexibility index (Phi) is 7.71. The number of carbonyl (C=O) groups is 3.